The van der Waals surface area contributed by atoms with Crippen LogP contribution in [0.25, 0.3) is 98.8 Å². The number of fused-ring (bicyclic) bond motifs is 8. The minimum absolute atomic E-state index is 0.283. The Morgan fingerprint density at radius 1 is 0.435 bits per heavy atom. The lowest BCUT2D eigenvalue weighted by Gasteiger charge is -2.13. The fourth-order valence-electron chi connectivity index (χ4n) is 6.35. The number of para-hydroxylation sites is 2. The molecule has 0 aliphatic carbocycles. The summed E-state index contributed by atoms with van der Waals surface area (Å²) in [6.45, 7) is 0. The summed E-state index contributed by atoms with van der Waals surface area (Å²) in [7, 11) is 0. The van der Waals surface area contributed by atoms with E-state index in [0.29, 0.717) is 0 Å². The number of benzene rings is 7. The van der Waals surface area contributed by atoms with Crippen LogP contribution in [0.1, 0.15) is 32.9 Å². The highest BCUT2D eigenvalue weighted by Crippen LogP contribution is 2.44. The molecule has 0 spiro atoms. The largest absolute Gasteiger partial charge is 0.308 e. The third-order valence-electron chi connectivity index (χ3n) is 8.15. The van der Waals surface area contributed by atoms with E-state index in [1.54, 1.807) is 0 Å². The molecule has 0 radical (unpaired) electrons. The molecule has 0 atom stereocenters. The van der Waals surface area contributed by atoms with Crippen molar-refractivity contribution in [3.8, 4) is 17.2 Å². The van der Waals surface area contributed by atoms with Crippen LogP contribution in [0.15, 0.2) is 145 Å². The summed E-state index contributed by atoms with van der Waals surface area (Å²) in [6.07, 6.45) is 0. The smallest absolute Gasteiger partial charge is 0.235 e. The van der Waals surface area contributed by atoms with E-state index in [2.05, 4.69) is 4.98 Å². The first-order chi connectivity index (χ1) is 32.8. The maximum absolute atomic E-state index is 9.56. The fraction of sp³-hybridized carbons (Fsp3) is 0. The van der Waals surface area contributed by atoms with Gasteiger partial charge in [0, 0.05) is 43.3 Å². The number of hydrogen-bond donors (Lipinski definition) is 0. The summed E-state index contributed by atoms with van der Waals surface area (Å²) in [5.74, 6) is -0.757. The maximum atomic E-state index is 9.56. The minimum atomic E-state index is -0.881. The van der Waals surface area contributed by atoms with Gasteiger partial charge in [-0.3, -0.25) is 4.57 Å². The molecule has 0 amide bonds. The van der Waals surface area contributed by atoms with Gasteiger partial charge in [0.15, 0.2) is 0 Å². The molecule has 11 aromatic rings. The van der Waals surface area contributed by atoms with Crippen LogP contribution in [0.2, 0.25) is 0 Å². The van der Waals surface area contributed by atoms with Crippen molar-refractivity contribution in [3.63, 3.8) is 0 Å². The lowest BCUT2D eigenvalue weighted by atomic mass is 10.0. The zero-order valence-electron chi connectivity index (χ0n) is 46.8. The zero-order valence-corrected chi connectivity index (χ0v) is 22.8. The van der Waals surface area contributed by atoms with E-state index in [1.807, 2.05) is 0 Å². The Hall–Kier alpha value is -6.26. The number of aromatic nitrogens is 4. The molecular formula is C42H24N4. The van der Waals surface area contributed by atoms with Crippen molar-refractivity contribution in [2.45, 2.75) is 0 Å². The van der Waals surface area contributed by atoms with Crippen LogP contribution in [0.5, 0.6) is 0 Å². The van der Waals surface area contributed by atoms with Gasteiger partial charge in [-0.15, -0.1) is 0 Å². The van der Waals surface area contributed by atoms with Crippen molar-refractivity contribution >= 4 is 81.6 Å². The summed E-state index contributed by atoms with van der Waals surface area (Å²) in [6, 6.07) is -19.1. The number of rotatable bonds is 2. The molecule has 0 N–H and O–H groups in total. The third-order valence-corrected chi connectivity index (χ3v) is 8.15. The molecule has 0 bridgehead atoms. The van der Waals surface area contributed by atoms with Gasteiger partial charge in [-0.25, -0.2) is 9.97 Å². The molecule has 0 unspecified atom stereocenters. The predicted molar refractivity (Wildman–Crippen MR) is 191 cm³/mol. The van der Waals surface area contributed by atoms with Crippen molar-refractivity contribution in [1.82, 2.24) is 18.9 Å². The first-order valence-electron chi connectivity index (χ1n) is 25.7. The van der Waals surface area contributed by atoms with Crippen LogP contribution < -0.4 is 0 Å². The van der Waals surface area contributed by atoms with Gasteiger partial charge < -0.3 is 4.40 Å². The van der Waals surface area contributed by atoms with Gasteiger partial charge in [0.05, 0.1) is 71.7 Å². The van der Waals surface area contributed by atoms with E-state index < -0.39 is 217 Å². The van der Waals surface area contributed by atoms with Gasteiger partial charge in [0.2, 0.25) is 5.95 Å². The quantitative estimate of drug-likeness (QED) is 0.183. The van der Waals surface area contributed by atoms with Crippen LogP contribution in [0, 0.1) is 0 Å². The van der Waals surface area contributed by atoms with E-state index in [9.17, 15) is 12.3 Å². The molecule has 212 valence electrons. The summed E-state index contributed by atoms with van der Waals surface area (Å²) in [5.41, 5.74) is -4.02. The highest BCUT2D eigenvalue weighted by atomic mass is 15.2. The molecular weight excluding hydrogens is 560 g/mol. The Kier molecular flexibility index (Phi) is 2.07. The normalized spacial score (nSPS) is 19.7. The van der Waals surface area contributed by atoms with E-state index in [-0.39, 0.29) is 27.1 Å². The predicted octanol–water partition coefficient (Wildman–Crippen LogP) is 10.7. The highest BCUT2D eigenvalue weighted by Gasteiger charge is 2.23. The number of nitrogens with zero attached hydrogens (tertiary/aromatic N) is 4. The minimum Gasteiger partial charge on any atom is -0.308 e. The summed E-state index contributed by atoms with van der Waals surface area (Å²) in [5, 5.41) is -3.62. The fourth-order valence-corrected chi connectivity index (χ4v) is 6.35. The Morgan fingerprint density at radius 3 is 1.96 bits per heavy atom. The van der Waals surface area contributed by atoms with Crippen LogP contribution >= 0.6 is 0 Å². The zero-order chi connectivity index (χ0) is 50.8. The van der Waals surface area contributed by atoms with Gasteiger partial charge in [-0.05, 0) is 41.0 Å². The second kappa shape index (κ2) is 8.68. The molecule has 0 saturated heterocycles. The third kappa shape index (κ3) is 2.98. The first kappa shape index (κ1) is 11.0. The van der Waals surface area contributed by atoms with E-state index in [0.717, 1.165) is 8.97 Å². The Labute approximate surface area is 296 Å². The first-order valence-corrected chi connectivity index (χ1v) is 13.7. The summed E-state index contributed by atoms with van der Waals surface area (Å²) >= 11 is 0. The second-order valence-corrected chi connectivity index (χ2v) is 10.4. The Morgan fingerprint density at radius 2 is 1.07 bits per heavy atom. The van der Waals surface area contributed by atoms with Crippen molar-refractivity contribution in [2.75, 3.05) is 0 Å². The second-order valence-electron chi connectivity index (χ2n) is 10.4. The van der Waals surface area contributed by atoms with E-state index >= 15 is 0 Å². The van der Waals surface area contributed by atoms with Crippen molar-refractivity contribution in [3.05, 3.63) is 145 Å². The average Bonchev–Trinajstić information content (AvgIpc) is 3.83. The lowest BCUT2D eigenvalue weighted by molar-refractivity contribution is 1.02. The topological polar surface area (TPSA) is 35.1 Å². The molecule has 4 heteroatoms. The maximum Gasteiger partial charge on any atom is 0.235 e. The summed E-state index contributed by atoms with van der Waals surface area (Å²) in [4.78, 5) is 9.35. The molecule has 0 aliphatic heterocycles. The Bertz CT molecular complexity index is 4380. The average molecular weight is 609 g/mol. The van der Waals surface area contributed by atoms with E-state index in [1.165, 1.54) is 0 Å². The monoisotopic (exact) mass is 608 g/mol. The van der Waals surface area contributed by atoms with Crippen molar-refractivity contribution < 1.29 is 32.9 Å². The Balaban J connectivity index is 1.53. The van der Waals surface area contributed by atoms with Crippen LogP contribution in [-0.2, 0) is 0 Å². The molecule has 4 heterocycles. The SMILES string of the molecule is [2H]c1c([2H])c([2H])c(-c2nc(-n3c4c([2H])c([2H])c([2H])c5c6c([2H])c([2H])c([2H])c7c8c([2H])c([2H])c([2H])c([2H])c8n(c8c([2H])c([2H])c([2H])c3c8c54)c67)nc3c2c([2H])c([2H])c2c([2H])c([2H])c([2H])c([2H])c23)c([2H])c1[2H]. The molecule has 7 aromatic carbocycles. The van der Waals surface area contributed by atoms with Crippen LogP contribution in [0.3, 0.4) is 0 Å². The van der Waals surface area contributed by atoms with Crippen molar-refractivity contribution in [1.29, 1.82) is 0 Å². The molecule has 11 rings (SSSR count). The molecule has 0 saturated carbocycles. The van der Waals surface area contributed by atoms with Gasteiger partial charge in [0.1, 0.15) is 0 Å². The lowest BCUT2D eigenvalue weighted by Crippen LogP contribution is -2.04. The number of hydrogen-bond acceptors (Lipinski definition) is 2. The van der Waals surface area contributed by atoms with Crippen molar-refractivity contribution in [2.24, 2.45) is 0 Å². The molecule has 4 nitrogen and oxygen atoms in total. The van der Waals surface area contributed by atoms with Crippen LogP contribution in [0.4, 0.5) is 0 Å². The van der Waals surface area contributed by atoms with E-state index in [4.69, 9.17) is 25.5 Å². The molecule has 0 aliphatic rings. The van der Waals surface area contributed by atoms with Gasteiger partial charge >= 0.3 is 0 Å². The van der Waals surface area contributed by atoms with Gasteiger partial charge in [-0.2, -0.15) is 0 Å². The van der Waals surface area contributed by atoms with Crippen LogP contribution in [-0.4, -0.2) is 18.9 Å². The molecule has 0 fully saturated rings. The molecule has 46 heavy (non-hydrogen) atoms. The standard InChI is InChI=1S/C42H24N4/c1-2-12-26(13-3-1)39-32-24-23-25-11-4-5-14-27(25)40(32)44-42(43-39)46-34-20-9-16-29-31-18-8-17-30-28-15-6-7-19-33(28)45(41(30)31)35-21-10-22-36(46)38(35)37(29)34/h1-24H/i1D,2D,3D,4D,5D,6D,7D,8D,9D,10D,11D,12D,13D,14D,15D,16D,17D,18D,19D,20D,21D,22D,23D,24D. The summed E-state index contributed by atoms with van der Waals surface area (Å²) < 4.78 is 218. The van der Waals surface area contributed by atoms with Gasteiger partial charge in [-0.1, -0.05) is 115 Å². The molecule has 4 aromatic heterocycles. The highest BCUT2D eigenvalue weighted by molar-refractivity contribution is 6.31. The van der Waals surface area contributed by atoms with Gasteiger partial charge in [0.25, 0.3) is 0 Å².